The third-order valence-electron chi connectivity index (χ3n) is 2.08. The lowest BCUT2D eigenvalue weighted by molar-refractivity contribution is 0.0699. The summed E-state index contributed by atoms with van der Waals surface area (Å²) >= 11 is 0. The Morgan fingerprint density at radius 2 is 2.29 bits per heavy atom. The number of nitrogens with zero attached hydrogens (tertiary/aromatic N) is 2. The zero-order valence-electron chi connectivity index (χ0n) is 7.56. The van der Waals surface area contributed by atoms with E-state index in [1.54, 1.807) is 24.0 Å². The first-order chi connectivity index (χ1) is 6.59. The molecule has 0 saturated heterocycles. The molecule has 0 aliphatic heterocycles. The number of fused-ring (bicyclic) bond motifs is 1. The number of aryl methyl sites for hydroxylation is 1. The summed E-state index contributed by atoms with van der Waals surface area (Å²) < 4.78 is 1.73. The Hall–Kier alpha value is -2.04. The Kier molecular flexibility index (Phi) is 1.67. The minimum absolute atomic E-state index is 0.139. The van der Waals surface area contributed by atoms with E-state index in [2.05, 4.69) is 4.98 Å². The molecule has 1 aromatic carbocycles. The van der Waals surface area contributed by atoms with Crippen molar-refractivity contribution in [2.75, 3.05) is 5.73 Å². The van der Waals surface area contributed by atoms with Gasteiger partial charge in [-0.1, -0.05) is 0 Å². The maximum Gasteiger partial charge on any atom is 0.338 e. The maximum atomic E-state index is 10.9. The SMILES string of the molecule is Cn1cnc2c(C(=O)O)cc(N)cc21. The zero-order chi connectivity index (χ0) is 10.3. The van der Waals surface area contributed by atoms with Gasteiger partial charge in [-0.3, -0.25) is 0 Å². The average molecular weight is 191 g/mol. The van der Waals surface area contributed by atoms with Gasteiger partial charge in [0.05, 0.1) is 17.4 Å². The number of rotatable bonds is 1. The van der Waals surface area contributed by atoms with Gasteiger partial charge in [-0.25, -0.2) is 9.78 Å². The molecule has 1 aromatic heterocycles. The van der Waals surface area contributed by atoms with Gasteiger partial charge in [0.1, 0.15) is 5.52 Å². The molecule has 0 fully saturated rings. The third-order valence-corrected chi connectivity index (χ3v) is 2.08. The van der Waals surface area contributed by atoms with Gasteiger partial charge >= 0.3 is 5.97 Å². The fraction of sp³-hybridized carbons (Fsp3) is 0.111. The van der Waals surface area contributed by atoms with E-state index in [0.29, 0.717) is 11.2 Å². The van der Waals surface area contributed by atoms with Crippen molar-refractivity contribution in [3.05, 3.63) is 24.0 Å². The molecule has 1 heterocycles. The van der Waals surface area contributed by atoms with Crippen molar-refractivity contribution in [2.24, 2.45) is 7.05 Å². The molecular weight excluding hydrogens is 182 g/mol. The number of hydrogen-bond acceptors (Lipinski definition) is 3. The quantitative estimate of drug-likeness (QED) is 0.655. The molecule has 14 heavy (non-hydrogen) atoms. The van der Waals surface area contributed by atoms with Crippen molar-refractivity contribution in [1.82, 2.24) is 9.55 Å². The van der Waals surface area contributed by atoms with Crippen LogP contribution in [0.1, 0.15) is 10.4 Å². The molecule has 2 rings (SSSR count). The number of carboxylic acids is 1. The van der Waals surface area contributed by atoms with E-state index in [-0.39, 0.29) is 5.56 Å². The Bertz CT molecular complexity index is 516. The second-order valence-corrected chi connectivity index (χ2v) is 3.10. The molecular formula is C9H9N3O2. The molecule has 0 radical (unpaired) electrons. The summed E-state index contributed by atoms with van der Waals surface area (Å²) in [6, 6.07) is 3.12. The van der Waals surface area contributed by atoms with Crippen LogP contribution < -0.4 is 5.73 Å². The summed E-state index contributed by atoms with van der Waals surface area (Å²) in [6.45, 7) is 0. The molecule has 0 spiro atoms. The van der Waals surface area contributed by atoms with Gasteiger partial charge in [0.15, 0.2) is 0 Å². The summed E-state index contributed by atoms with van der Waals surface area (Å²) in [7, 11) is 1.79. The standard InChI is InChI=1S/C9H9N3O2/c1-12-4-11-8-6(9(13)14)2-5(10)3-7(8)12/h2-4H,10H2,1H3,(H,13,14). The van der Waals surface area contributed by atoms with Crippen molar-refractivity contribution >= 4 is 22.7 Å². The number of imidazole rings is 1. The van der Waals surface area contributed by atoms with E-state index in [0.717, 1.165) is 5.52 Å². The highest BCUT2D eigenvalue weighted by molar-refractivity contribution is 6.02. The second-order valence-electron chi connectivity index (χ2n) is 3.10. The second kappa shape index (κ2) is 2.73. The highest BCUT2D eigenvalue weighted by Crippen LogP contribution is 2.20. The minimum atomic E-state index is -1.01. The van der Waals surface area contributed by atoms with Crippen LogP contribution in [0.2, 0.25) is 0 Å². The van der Waals surface area contributed by atoms with Gasteiger partial charge in [-0.05, 0) is 12.1 Å². The first kappa shape index (κ1) is 8.55. The first-order valence-corrected chi connectivity index (χ1v) is 4.03. The smallest absolute Gasteiger partial charge is 0.338 e. The zero-order valence-corrected chi connectivity index (χ0v) is 7.56. The number of carbonyl (C=O) groups is 1. The molecule has 3 N–H and O–H groups in total. The Morgan fingerprint density at radius 3 is 2.93 bits per heavy atom. The van der Waals surface area contributed by atoms with Crippen LogP contribution in [-0.2, 0) is 7.05 Å². The molecule has 72 valence electrons. The van der Waals surface area contributed by atoms with Crippen molar-refractivity contribution in [3.63, 3.8) is 0 Å². The topological polar surface area (TPSA) is 81.1 Å². The van der Waals surface area contributed by atoms with E-state index in [4.69, 9.17) is 10.8 Å². The molecule has 0 aliphatic carbocycles. The van der Waals surface area contributed by atoms with Crippen LogP contribution in [0.4, 0.5) is 5.69 Å². The maximum absolute atomic E-state index is 10.9. The van der Waals surface area contributed by atoms with E-state index < -0.39 is 5.97 Å². The van der Waals surface area contributed by atoms with Crippen LogP contribution in [0, 0.1) is 0 Å². The largest absolute Gasteiger partial charge is 0.478 e. The van der Waals surface area contributed by atoms with Crippen molar-refractivity contribution in [3.8, 4) is 0 Å². The number of carboxylic acid groups (broad SMARTS) is 1. The lowest BCUT2D eigenvalue weighted by atomic mass is 10.1. The summed E-state index contributed by atoms with van der Waals surface area (Å²) in [6.07, 6.45) is 1.57. The van der Waals surface area contributed by atoms with Gasteiger partial charge in [0.2, 0.25) is 0 Å². The summed E-state index contributed by atoms with van der Waals surface area (Å²) in [5, 5.41) is 8.91. The van der Waals surface area contributed by atoms with Crippen molar-refractivity contribution < 1.29 is 9.90 Å². The third kappa shape index (κ3) is 1.10. The molecule has 5 heteroatoms. The lowest BCUT2D eigenvalue weighted by Crippen LogP contribution is -2.00. The predicted molar refractivity (Wildman–Crippen MR) is 52.1 cm³/mol. The lowest BCUT2D eigenvalue weighted by Gasteiger charge is -2.00. The molecule has 0 bridgehead atoms. The molecule has 0 unspecified atom stereocenters. The number of anilines is 1. The average Bonchev–Trinajstić information content (AvgIpc) is 2.47. The monoisotopic (exact) mass is 191 g/mol. The molecule has 5 nitrogen and oxygen atoms in total. The van der Waals surface area contributed by atoms with Gasteiger partial charge < -0.3 is 15.4 Å². The molecule has 0 saturated carbocycles. The van der Waals surface area contributed by atoms with Crippen molar-refractivity contribution in [2.45, 2.75) is 0 Å². The fourth-order valence-electron chi connectivity index (χ4n) is 1.42. The Balaban J connectivity index is 2.88. The summed E-state index contributed by atoms with van der Waals surface area (Å²) in [5.41, 5.74) is 7.35. The number of nitrogen functional groups attached to an aromatic ring is 1. The van der Waals surface area contributed by atoms with Crippen LogP contribution in [0.25, 0.3) is 11.0 Å². The minimum Gasteiger partial charge on any atom is -0.478 e. The number of nitrogens with two attached hydrogens (primary N) is 1. The number of aromatic nitrogens is 2. The highest BCUT2D eigenvalue weighted by atomic mass is 16.4. The molecule has 0 aliphatic rings. The van der Waals surface area contributed by atoms with Gasteiger partial charge in [-0.15, -0.1) is 0 Å². The fourth-order valence-corrected chi connectivity index (χ4v) is 1.42. The highest BCUT2D eigenvalue weighted by Gasteiger charge is 2.12. The van der Waals surface area contributed by atoms with Crippen LogP contribution in [0.15, 0.2) is 18.5 Å². The van der Waals surface area contributed by atoms with E-state index >= 15 is 0 Å². The number of aromatic carboxylic acids is 1. The van der Waals surface area contributed by atoms with Gasteiger partial charge in [-0.2, -0.15) is 0 Å². The predicted octanol–water partition coefficient (Wildman–Crippen LogP) is 0.854. The van der Waals surface area contributed by atoms with Crippen LogP contribution >= 0.6 is 0 Å². The van der Waals surface area contributed by atoms with Crippen LogP contribution in [0.5, 0.6) is 0 Å². The van der Waals surface area contributed by atoms with E-state index in [9.17, 15) is 4.79 Å². The van der Waals surface area contributed by atoms with Crippen LogP contribution in [-0.4, -0.2) is 20.6 Å². The normalized spacial score (nSPS) is 10.6. The Labute approximate surface area is 79.8 Å². The number of hydrogen-bond donors (Lipinski definition) is 2. The summed E-state index contributed by atoms with van der Waals surface area (Å²) in [5.74, 6) is -1.01. The van der Waals surface area contributed by atoms with Crippen LogP contribution in [0.3, 0.4) is 0 Å². The summed E-state index contributed by atoms with van der Waals surface area (Å²) in [4.78, 5) is 14.9. The molecule has 0 amide bonds. The molecule has 0 atom stereocenters. The molecule has 2 aromatic rings. The van der Waals surface area contributed by atoms with E-state index in [1.165, 1.54) is 6.07 Å². The van der Waals surface area contributed by atoms with Crippen molar-refractivity contribution in [1.29, 1.82) is 0 Å². The first-order valence-electron chi connectivity index (χ1n) is 4.03. The number of benzene rings is 1. The Morgan fingerprint density at radius 1 is 1.57 bits per heavy atom. The van der Waals surface area contributed by atoms with Gasteiger partial charge in [0.25, 0.3) is 0 Å². The van der Waals surface area contributed by atoms with Gasteiger partial charge in [0, 0.05) is 12.7 Å². The van der Waals surface area contributed by atoms with E-state index in [1.807, 2.05) is 0 Å².